The van der Waals surface area contributed by atoms with E-state index in [1.54, 1.807) is 12.1 Å². The van der Waals surface area contributed by atoms with Gasteiger partial charge in [-0.05, 0) is 60.4 Å². The number of aryl methyl sites for hydroxylation is 2. The van der Waals surface area contributed by atoms with Gasteiger partial charge in [0.15, 0.2) is 0 Å². The number of carbonyl (C=O) groups excluding carboxylic acids is 2. The van der Waals surface area contributed by atoms with Crippen molar-refractivity contribution >= 4 is 11.9 Å². The normalized spacial score (nSPS) is 10.2. The monoisotopic (exact) mass is 298 g/mol. The first-order valence-corrected chi connectivity index (χ1v) is 6.95. The molecule has 2 aromatic carbocycles. The van der Waals surface area contributed by atoms with Crippen LogP contribution in [0.1, 0.15) is 25.0 Å². The second kappa shape index (κ2) is 6.43. The van der Waals surface area contributed by atoms with Crippen LogP contribution in [0.15, 0.2) is 36.4 Å². The maximum atomic E-state index is 11.1. The number of esters is 2. The van der Waals surface area contributed by atoms with Gasteiger partial charge in [-0.1, -0.05) is 12.1 Å². The molecular weight excluding hydrogens is 280 g/mol. The van der Waals surface area contributed by atoms with Crippen LogP contribution in [0.5, 0.6) is 11.5 Å². The molecule has 0 saturated heterocycles. The Morgan fingerprint density at radius 2 is 1.41 bits per heavy atom. The van der Waals surface area contributed by atoms with Crippen LogP contribution >= 0.6 is 0 Å². The van der Waals surface area contributed by atoms with Gasteiger partial charge in [-0.3, -0.25) is 9.59 Å². The van der Waals surface area contributed by atoms with Crippen LogP contribution in [0, 0.1) is 13.8 Å². The van der Waals surface area contributed by atoms with Crippen molar-refractivity contribution < 1.29 is 19.1 Å². The number of hydrogen-bond acceptors (Lipinski definition) is 4. The third-order valence-electron chi connectivity index (χ3n) is 3.20. The molecule has 0 aliphatic rings. The highest BCUT2D eigenvalue weighted by molar-refractivity contribution is 5.74. The van der Waals surface area contributed by atoms with Crippen LogP contribution in [0.2, 0.25) is 0 Å². The van der Waals surface area contributed by atoms with Gasteiger partial charge in [-0.2, -0.15) is 0 Å². The summed E-state index contributed by atoms with van der Waals surface area (Å²) in [6.45, 7) is 6.61. The van der Waals surface area contributed by atoms with Gasteiger partial charge in [0.25, 0.3) is 0 Å². The minimum absolute atomic E-state index is 0.332. The molecule has 0 fully saturated rings. The van der Waals surface area contributed by atoms with Gasteiger partial charge >= 0.3 is 11.9 Å². The third-order valence-corrected chi connectivity index (χ3v) is 3.20. The Labute approximate surface area is 129 Å². The summed E-state index contributed by atoms with van der Waals surface area (Å²) in [6.07, 6.45) is 0. The Morgan fingerprint density at radius 1 is 0.818 bits per heavy atom. The number of ether oxygens (including phenoxy) is 2. The fourth-order valence-corrected chi connectivity index (χ4v) is 2.23. The van der Waals surface area contributed by atoms with E-state index in [0.29, 0.717) is 11.5 Å². The van der Waals surface area contributed by atoms with Gasteiger partial charge in [0.05, 0.1) is 0 Å². The quantitative estimate of drug-likeness (QED) is 0.638. The lowest BCUT2D eigenvalue weighted by Crippen LogP contribution is -2.03. The predicted molar refractivity (Wildman–Crippen MR) is 84.0 cm³/mol. The van der Waals surface area contributed by atoms with Crippen molar-refractivity contribution in [3.05, 3.63) is 47.5 Å². The SMILES string of the molecule is CC(=O)Oc1ccc(-c2cc(C)c(OC(C)=O)cc2C)cc1. The van der Waals surface area contributed by atoms with E-state index in [1.165, 1.54) is 13.8 Å². The van der Waals surface area contributed by atoms with E-state index in [1.807, 2.05) is 38.1 Å². The molecule has 0 atom stereocenters. The van der Waals surface area contributed by atoms with Crippen molar-refractivity contribution in [3.8, 4) is 22.6 Å². The molecule has 0 aliphatic heterocycles. The zero-order valence-corrected chi connectivity index (χ0v) is 13.1. The van der Waals surface area contributed by atoms with Gasteiger partial charge in [0.1, 0.15) is 11.5 Å². The van der Waals surface area contributed by atoms with Crippen molar-refractivity contribution in [3.63, 3.8) is 0 Å². The topological polar surface area (TPSA) is 52.6 Å². The largest absolute Gasteiger partial charge is 0.427 e. The highest BCUT2D eigenvalue weighted by Crippen LogP contribution is 2.31. The molecule has 4 nitrogen and oxygen atoms in total. The molecule has 114 valence electrons. The Hall–Kier alpha value is -2.62. The Balaban J connectivity index is 2.34. The molecule has 4 heteroatoms. The fourth-order valence-electron chi connectivity index (χ4n) is 2.23. The number of hydrogen-bond donors (Lipinski definition) is 0. The second-order valence-corrected chi connectivity index (χ2v) is 5.14. The average molecular weight is 298 g/mol. The lowest BCUT2D eigenvalue weighted by atomic mass is 9.98. The van der Waals surface area contributed by atoms with Crippen LogP contribution in [0.25, 0.3) is 11.1 Å². The maximum absolute atomic E-state index is 11.1. The molecule has 22 heavy (non-hydrogen) atoms. The van der Waals surface area contributed by atoms with Crippen molar-refractivity contribution in [2.24, 2.45) is 0 Å². The molecule has 0 aromatic heterocycles. The summed E-state index contributed by atoms with van der Waals surface area (Å²) in [5.74, 6) is 0.416. The number of rotatable bonds is 3. The van der Waals surface area contributed by atoms with Crippen molar-refractivity contribution in [1.82, 2.24) is 0 Å². The lowest BCUT2D eigenvalue weighted by Gasteiger charge is -2.12. The molecule has 0 amide bonds. The summed E-state index contributed by atoms with van der Waals surface area (Å²) >= 11 is 0. The van der Waals surface area contributed by atoms with Crippen LogP contribution < -0.4 is 9.47 Å². The molecule has 2 aromatic rings. The first-order chi connectivity index (χ1) is 10.4. The van der Waals surface area contributed by atoms with E-state index in [4.69, 9.17) is 9.47 Å². The molecule has 0 N–H and O–H groups in total. The molecule has 0 heterocycles. The van der Waals surface area contributed by atoms with Crippen LogP contribution in [-0.2, 0) is 9.59 Å². The lowest BCUT2D eigenvalue weighted by molar-refractivity contribution is -0.132. The summed E-state index contributed by atoms with van der Waals surface area (Å²) in [7, 11) is 0. The molecule has 0 aliphatic carbocycles. The first kappa shape index (κ1) is 15.8. The van der Waals surface area contributed by atoms with Gasteiger partial charge in [-0.25, -0.2) is 0 Å². The van der Waals surface area contributed by atoms with Crippen molar-refractivity contribution in [2.45, 2.75) is 27.7 Å². The van der Waals surface area contributed by atoms with Crippen LogP contribution in [-0.4, -0.2) is 11.9 Å². The summed E-state index contributed by atoms with van der Waals surface area (Å²) in [4.78, 5) is 22.0. The minimum atomic E-state index is -0.342. The molecule has 0 unspecified atom stereocenters. The van der Waals surface area contributed by atoms with Gasteiger partial charge in [-0.15, -0.1) is 0 Å². The van der Waals surface area contributed by atoms with Gasteiger partial charge < -0.3 is 9.47 Å². The van der Waals surface area contributed by atoms with E-state index in [2.05, 4.69) is 0 Å². The van der Waals surface area contributed by atoms with Gasteiger partial charge in [0, 0.05) is 13.8 Å². The standard InChI is InChI=1S/C18H18O4/c1-11-10-18(22-14(4)20)12(2)9-17(11)15-5-7-16(8-6-15)21-13(3)19/h5-10H,1-4H3. The van der Waals surface area contributed by atoms with Gasteiger partial charge in [0.2, 0.25) is 0 Å². The van der Waals surface area contributed by atoms with E-state index in [0.717, 1.165) is 22.3 Å². The molecule has 2 rings (SSSR count). The predicted octanol–water partition coefficient (Wildman–Crippen LogP) is 3.82. The second-order valence-electron chi connectivity index (χ2n) is 5.14. The zero-order chi connectivity index (χ0) is 16.3. The Kier molecular flexibility index (Phi) is 4.61. The molecule has 0 spiro atoms. The molecular formula is C18H18O4. The van der Waals surface area contributed by atoms with Crippen LogP contribution in [0.3, 0.4) is 0 Å². The Bertz CT molecular complexity index is 715. The smallest absolute Gasteiger partial charge is 0.308 e. The molecule has 0 saturated carbocycles. The van der Waals surface area contributed by atoms with Crippen LogP contribution in [0.4, 0.5) is 0 Å². The van der Waals surface area contributed by atoms with Crippen molar-refractivity contribution in [1.29, 1.82) is 0 Å². The average Bonchev–Trinajstić information content (AvgIpc) is 2.42. The number of benzene rings is 2. The van der Waals surface area contributed by atoms with E-state index >= 15 is 0 Å². The van der Waals surface area contributed by atoms with E-state index in [-0.39, 0.29) is 11.9 Å². The maximum Gasteiger partial charge on any atom is 0.308 e. The summed E-state index contributed by atoms with van der Waals surface area (Å²) in [5, 5.41) is 0. The highest BCUT2D eigenvalue weighted by atomic mass is 16.5. The third kappa shape index (κ3) is 3.73. The van der Waals surface area contributed by atoms with E-state index < -0.39 is 0 Å². The van der Waals surface area contributed by atoms with E-state index in [9.17, 15) is 9.59 Å². The highest BCUT2D eigenvalue weighted by Gasteiger charge is 2.09. The molecule has 0 bridgehead atoms. The zero-order valence-electron chi connectivity index (χ0n) is 13.1. The summed E-state index contributed by atoms with van der Waals surface area (Å²) in [5.41, 5.74) is 3.94. The summed E-state index contributed by atoms with van der Waals surface area (Å²) < 4.78 is 10.2. The Morgan fingerprint density at radius 3 is 1.95 bits per heavy atom. The molecule has 0 radical (unpaired) electrons. The van der Waals surface area contributed by atoms with Crippen molar-refractivity contribution in [2.75, 3.05) is 0 Å². The minimum Gasteiger partial charge on any atom is -0.427 e. The fraction of sp³-hybridized carbons (Fsp3) is 0.222. The first-order valence-electron chi connectivity index (χ1n) is 6.95. The summed E-state index contributed by atoms with van der Waals surface area (Å²) in [6, 6.07) is 11.1. The number of carbonyl (C=O) groups is 2.